The van der Waals surface area contributed by atoms with Crippen LogP contribution in [-0.2, 0) is 10.2 Å². The number of nitrogens with two attached hydrogens (primary N) is 1. The number of nitrogens with one attached hydrogen (secondary N) is 1. The van der Waals surface area contributed by atoms with Crippen LogP contribution in [0.2, 0.25) is 0 Å². The first-order valence-corrected chi connectivity index (χ1v) is 4.22. The van der Waals surface area contributed by atoms with Gasteiger partial charge >= 0.3 is 0 Å². The topological polar surface area (TPSA) is 71.8 Å². The van der Waals surface area contributed by atoms with Crippen LogP contribution in [0.5, 0.6) is 0 Å². The first-order valence-electron chi connectivity index (χ1n) is 4.22. The number of carbonyl (C=O) groups excluding carboxylic acids is 1. The number of primary amides is 1. The molecule has 5 heteroatoms. The van der Waals surface area contributed by atoms with Crippen LogP contribution in [-0.4, -0.2) is 15.9 Å². The van der Waals surface area contributed by atoms with Crippen molar-refractivity contribution < 1.29 is 4.79 Å². The number of H-pyrrole nitrogens is 1. The molecule has 0 saturated heterocycles. The average molecular weight is 218 g/mol. The zero-order valence-corrected chi connectivity index (χ0v) is 9.44. The Morgan fingerprint density at radius 3 is 2.57 bits per heavy atom. The smallest absolute Gasteiger partial charge is 0.218 e. The molecule has 1 rings (SSSR count). The molecule has 1 heterocycles. The zero-order chi connectivity index (χ0) is 10.1. The van der Waals surface area contributed by atoms with Crippen molar-refractivity contribution in [1.29, 1.82) is 0 Å². The second-order valence-electron chi connectivity index (χ2n) is 3.91. The van der Waals surface area contributed by atoms with Crippen LogP contribution in [0.1, 0.15) is 31.8 Å². The average Bonchev–Trinajstić information content (AvgIpc) is 2.32. The van der Waals surface area contributed by atoms with E-state index >= 15 is 0 Å². The van der Waals surface area contributed by atoms with Gasteiger partial charge in [0.2, 0.25) is 5.91 Å². The summed E-state index contributed by atoms with van der Waals surface area (Å²) in [7, 11) is 0. The Kier molecular flexibility index (Phi) is 4.13. The third kappa shape index (κ3) is 3.03. The molecule has 1 aromatic rings. The molecule has 80 valence electrons. The lowest BCUT2D eigenvalue weighted by molar-refractivity contribution is -0.119. The standard InChI is InChI=1S/C9H15N3O.ClH/c1-6-11-5-7(12-6)9(2,3)4-8(10)13;/h5H,4H2,1-3H3,(H2,10,13)(H,11,12);1H. The first-order chi connectivity index (χ1) is 5.92. The van der Waals surface area contributed by atoms with E-state index in [-0.39, 0.29) is 23.7 Å². The molecule has 0 fully saturated rings. The van der Waals surface area contributed by atoms with Gasteiger partial charge in [0, 0.05) is 23.7 Å². The molecule has 4 nitrogen and oxygen atoms in total. The SMILES string of the molecule is Cc1ncc(C(C)(C)CC(N)=O)[nH]1.Cl. The first kappa shape index (κ1) is 13.0. The maximum Gasteiger partial charge on any atom is 0.218 e. The molecule has 0 radical (unpaired) electrons. The molecule has 14 heavy (non-hydrogen) atoms. The van der Waals surface area contributed by atoms with Crippen LogP contribution in [0, 0.1) is 6.92 Å². The fourth-order valence-electron chi connectivity index (χ4n) is 1.30. The summed E-state index contributed by atoms with van der Waals surface area (Å²) < 4.78 is 0. The molecule has 0 unspecified atom stereocenters. The number of aromatic amines is 1. The molecule has 0 aliphatic rings. The monoisotopic (exact) mass is 217 g/mol. The van der Waals surface area contributed by atoms with Gasteiger partial charge < -0.3 is 10.7 Å². The second kappa shape index (κ2) is 4.46. The van der Waals surface area contributed by atoms with Gasteiger partial charge in [0.1, 0.15) is 5.82 Å². The van der Waals surface area contributed by atoms with Gasteiger partial charge in [-0.25, -0.2) is 4.98 Å². The van der Waals surface area contributed by atoms with E-state index in [1.165, 1.54) is 0 Å². The Morgan fingerprint density at radius 1 is 1.64 bits per heavy atom. The third-order valence-electron chi connectivity index (χ3n) is 2.05. The number of nitrogens with zero attached hydrogens (tertiary/aromatic N) is 1. The molecule has 0 spiro atoms. The fraction of sp³-hybridized carbons (Fsp3) is 0.556. The predicted molar refractivity (Wildman–Crippen MR) is 57.4 cm³/mol. The maximum atomic E-state index is 10.8. The van der Waals surface area contributed by atoms with Crippen molar-refractivity contribution in [2.24, 2.45) is 5.73 Å². The van der Waals surface area contributed by atoms with Crippen molar-refractivity contribution in [2.75, 3.05) is 0 Å². The lowest BCUT2D eigenvalue weighted by Crippen LogP contribution is -2.26. The van der Waals surface area contributed by atoms with E-state index in [1.807, 2.05) is 20.8 Å². The molecule has 0 aromatic carbocycles. The fourth-order valence-corrected chi connectivity index (χ4v) is 1.30. The largest absolute Gasteiger partial charge is 0.370 e. The molecule has 1 amide bonds. The summed E-state index contributed by atoms with van der Waals surface area (Å²) in [5, 5.41) is 0. The molecule has 0 bridgehead atoms. The second-order valence-corrected chi connectivity index (χ2v) is 3.91. The van der Waals surface area contributed by atoms with Crippen LogP contribution in [0.15, 0.2) is 6.20 Å². The minimum Gasteiger partial charge on any atom is -0.370 e. The summed E-state index contributed by atoms with van der Waals surface area (Å²) in [4.78, 5) is 18.0. The molecule has 3 N–H and O–H groups in total. The van der Waals surface area contributed by atoms with E-state index in [2.05, 4.69) is 9.97 Å². The van der Waals surface area contributed by atoms with E-state index in [1.54, 1.807) is 6.20 Å². The van der Waals surface area contributed by atoms with Crippen LogP contribution in [0.3, 0.4) is 0 Å². The molecule has 0 aliphatic carbocycles. The highest BCUT2D eigenvalue weighted by atomic mass is 35.5. The molecule has 0 atom stereocenters. The van der Waals surface area contributed by atoms with E-state index in [4.69, 9.17) is 5.73 Å². The van der Waals surface area contributed by atoms with Crippen LogP contribution in [0.4, 0.5) is 0 Å². The van der Waals surface area contributed by atoms with Gasteiger partial charge in [0.25, 0.3) is 0 Å². The summed E-state index contributed by atoms with van der Waals surface area (Å²) in [5.74, 6) is 0.560. The number of rotatable bonds is 3. The highest BCUT2D eigenvalue weighted by molar-refractivity contribution is 5.85. The van der Waals surface area contributed by atoms with Gasteiger partial charge in [-0.3, -0.25) is 4.79 Å². The van der Waals surface area contributed by atoms with E-state index < -0.39 is 0 Å². The number of hydrogen-bond acceptors (Lipinski definition) is 2. The van der Waals surface area contributed by atoms with Crippen LogP contribution < -0.4 is 5.73 Å². The Hall–Kier alpha value is -1.03. The number of aromatic nitrogens is 2. The maximum absolute atomic E-state index is 10.8. The van der Waals surface area contributed by atoms with Gasteiger partial charge in [0.05, 0.1) is 0 Å². The highest BCUT2D eigenvalue weighted by Gasteiger charge is 2.24. The van der Waals surface area contributed by atoms with Crippen molar-refractivity contribution in [3.8, 4) is 0 Å². The number of imidazole rings is 1. The summed E-state index contributed by atoms with van der Waals surface area (Å²) >= 11 is 0. The quantitative estimate of drug-likeness (QED) is 0.801. The van der Waals surface area contributed by atoms with Crippen molar-refractivity contribution in [3.05, 3.63) is 17.7 Å². The van der Waals surface area contributed by atoms with Gasteiger partial charge in [-0.15, -0.1) is 12.4 Å². The Bertz CT molecular complexity index is 320. The van der Waals surface area contributed by atoms with Gasteiger partial charge in [-0.2, -0.15) is 0 Å². The molecule has 1 aromatic heterocycles. The number of aryl methyl sites for hydroxylation is 1. The van der Waals surface area contributed by atoms with Crippen molar-refractivity contribution in [3.63, 3.8) is 0 Å². The molecule has 0 aliphatic heterocycles. The predicted octanol–water partition coefficient (Wildman–Crippen LogP) is 1.29. The minimum absolute atomic E-state index is 0. The van der Waals surface area contributed by atoms with E-state index in [0.29, 0.717) is 6.42 Å². The highest BCUT2D eigenvalue weighted by Crippen LogP contribution is 2.24. The number of carbonyl (C=O) groups is 1. The van der Waals surface area contributed by atoms with Gasteiger partial charge in [-0.05, 0) is 6.92 Å². The lowest BCUT2D eigenvalue weighted by atomic mass is 9.86. The minimum atomic E-state index is -0.294. The molecular formula is C9H16ClN3O. The van der Waals surface area contributed by atoms with E-state index in [9.17, 15) is 4.79 Å². The van der Waals surface area contributed by atoms with Crippen molar-refractivity contribution in [2.45, 2.75) is 32.6 Å². The Labute approximate surface area is 89.7 Å². The number of hydrogen-bond donors (Lipinski definition) is 2. The zero-order valence-electron chi connectivity index (χ0n) is 8.63. The number of amides is 1. The van der Waals surface area contributed by atoms with E-state index in [0.717, 1.165) is 11.5 Å². The van der Waals surface area contributed by atoms with Crippen LogP contribution >= 0.6 is 12.4 Å². The lowest BCUT2D eigenvalue weighted by Gasteiger charge is -2.20. The van der Waals surface area contributed by atoms with Crippen LogP contribution in [0.25, 0.3) is 0 Å². The van der Waals surface area contributed by atoms with Gasteiger partial charge in [0.15, 0.2) is 0 Å². The summed E-state index contributed by atoms with van der Waals surface area (Å²) in [6.07, 6.45) is 2.08. The third-order valence-corrected chi connectivity index (χ3v) is 2.05. The summed E-state index contributed by atoms with van der Waals surface area (Å²) in [5.41, 5.74) is 5.84. The summed E-state index contributed by atoms with van der Waals surface area (Å²) in [6, 6.07) is 0. The Balaban J connectivity index is 0.00000169. The van der Waals surface area contributed by atoms with Crippen molar-refractivity contribution in [1.82, 2.24) is 9.97 Å². The summed E-state index contributed by atoms with van der Waals surface area (Å²) in [6.45, 7) is 5.80. The molecular weight excluding hydrogens is 202 g/mol. The Morgan fingerprint density at radius 2 is 2.21 bits per heavy atom. The normalized spacial score (nSPS) is 10.8. The molecule has 0 saturated carbocycles. The van der Waals surface area contributed by atoms with Crippen molar-refractivity contribution >= 4 is 18.3 Å². The number of halogens is 1. The van der Waals surface area contributed by atoms with Gasteiger partial charge in [-0.1, -0.05) is 13.8 Å².